The van der Waals surface area contributed by atoms with Gasteiger partial charge in [-0.1, -0.05) is 33.6 Å². The van der Waals surface area contributed by atoms with E-state index < -0.39 is 0 Å². The number of hydrogen-bond acceptors (Lipinski definition) is 3. The topological polar surface area (TPSA) is 46.5 Å². The van der Waals surface area contributed by atoms with E-state index in [1.165, 1.54) is 58.5 Å². The molecule has 4 saturated carbocycles. The molecule has 0 aliphatic heterocycles. The van der Waals surface area contributed by atoms with E-state index in [1.54, 1.807) is 0 Å². The molecule has 160 valence electrons. The zero-order chi connectivity index (χ0) is 20.1. The molecule has 1 N–H and O–H groups in total. The van der Waals surface area contributed by atoms with Crippen LogP contribution in [0.15, 0.2) is 0 Å². The van der Waals surface area contributed by atoms with Crippen LogP contribution >= 0.6 is 0 Å². The van der Waals surface area contributed by atoms with Gasteiger partial charge in [0.15, 0.2) is 0 Å². The number of esters is 1. The molecule has 4 aliphatic rings. The predicted molar refractivity (Wildman–Crippen MR) is 112 cm³/mol. The Morgan fingerprint density at radius 2 is 1.79 bits per heavy atom. The van der Waals surface area contributed by atoms with Gasteiger partial charge in [-0.2, -0.15) is 0 Å². The van der Waals surface area contributed by atoms with Crippen molar-refractivity contribution >= 4 is 5.97 Å². The maximum Gasteiger partial charge on any atom is 0.305 e. The third-order valence-corrected chi connectivity index (χ3v) is 10.4. The highest BCUT2D eigenvalue weighted by atomic mass is 16.5. The zero-order valence-electron chi connectivity index (χ0n) is 18.6. The van der Waals surface area contributed by atoms with E-state index in [2.05, 4.69) is 20.8 Å². The molecular weight excluding hydrogens is 348 g/mol. The van der Waals surface area contributed by atoms with Gasteiger partial charge in [-0.3, -0.25) is 4.79 Å². The molecule has 0 aromatic carbocycles. The number of carbonyl (C=O) groups excluding carboxylic acids is 1. The molecule has 4 aliphatic carbocycles. The molecule has 0 heterocycles. The fourth-order valence-corrected chi connectivity index (χ4v) is 8.98. The number of fused-ring (bicyclic) bond motifs is 5. The van der Waals surface area contributed by atoms with Gasteiger partial charge >= 0.3 is 5.97 Å². The van der Waals surface area contributed by atoms with E-state index in [9.17, 15) is 9.90 Å². The van der Waals surface area contributed by atoms with E-state index in [0.717, 1.165) is 30.6 Å². The SMILES string of the molecule is COC(=O)CC[C@@H](C)[C@H]1CCC2C3C[C@H](O)C4CCCC[C@]4(C)C3CC[C@@]21C. The number of rotatable bonds is 4. The lowest BCUT2D eigenvalue weighted by molar-refractivity contribution is -0.159. The van der Waals surface area contributed by atoms with Gasteiger partial charge in [-0.25, -0.2) is 0 Å². The summed E-state index contributed by atoms with van der Waals surface area (Å²) in [5.41, 5.74) is 0.769. The Morgan fingerprint density at radius 1 is 1.04 bits per heavy atom. The first-order chi connectivity index (χ1) is 13.3. The third-order valence-electron chi connectivity index (χ3n) is 10.4. The van der Waals surface area contributed by atoms with Crippen LogP contribution in [0.3, 0.4) is 0 Å². The lowest BCUT2D eigenvalue weighted by atomic mass is 9.44. The van der Waals surface area contributed by atoms with Crippen molar-refractivity contribution in [2.24, 2.45) is 46.3 Å². The molecular formula is C25H42O3. The van der Waals surface area contributed by atoms with E-state index in [0.29, 0.717) is 35.0 Å². The van der Waals surface area contributed by atoms with Crippen molar-refractivity contribution in [1.82, 2.24) is 0 Å². The summed E-state index contributed by atoms with van der Waals surface area (Å²) < 4.78 is 4.87. The van der Waals surface area contributed by atoms with Crippen molar-refractivity contribution in [3.63, 3.8) is 0 Å². The van der Waals surface area contributed by atoms with Crippen molar-refractivity contribution in [2.45, 2.75) is 97.5 Å². The van der Waals surface area contributed by atoms with Crippen LogP contribution in [0.1, 0.15) is 91.4 Å². The van der Waals surface area contributed by atoms with Crippen LogP contribution < -0.4 is 0 Å². The molecule has 0 aromatic rings. The highest BCUT2D eigenvalue weighted by Gasteiger charge is 2.61. The summed E-state index contributed by atoms with van der Waals surface area (Å²) in [4.78, 5) is 11.6. The molecule has 0 saturated heterocycles. The van der Waals surface area contributed by atoms with Gasteiger partial charge < -0.3 is 9.84 Å². The van der Waals surface area contributed by atoms with Crippen LogP contribution in [0.5, 0.6) is 0 Å². The van der Waals surface area contributed by atoms with Gasteiger partial charge in [0, 0.05) is 6.42 Å². The van der Waals surface area contributed by atoms with Gasteiger partial charge in [-0.05, 0) is 97.7 Å². The maximum absolute atomic E-state index is 11.6. The average molecular weight is 391 g/mol. The molecule has 4 fully saturated rings. The first kappa shape index (κ1) is 20.7. The summed E-state index contributed by atoms with van der Waals surface area (Å²) in [6, 6.07) is 0. The van der Waals surface area contributed by atoms with E-state index in [1.807, 2.05) is 0 Å². The summed E-state index contributed by atoms with van der Waals surface area (Å²) >= 11 is 0. The standard InChI is InChI=1S/C25H42O3/c1-16(8-11-23(27)28-4)18-9-10-19-17-15-22(26)21-7-5-6-13-24(21,2)20(17)12-14-25(18,19)3/h16-22,26H,5-15H2,1-4H3/t16-,17?,18-,19?,20?,21?,22+,24-,25-/m1/s1. The summed E-state index contributed by atoms with van der Waals surface area (Å²) in [6.45, 7) is 7.45. The Bertz CT molecular complexity index is 588. The Kier molecular flexibility index (Phi) is 5.61. The lowest BCUT2D eigenvalue weighted by Gasteiger charge is -2.62. The number of carbonyl (C=O) groups is 1. The second kappa shape index (κ2) is 7.60. The third kappa shape index (κ3) is 3.15. The highest BCUT2D eigenvalue weighted by Crippen LogP contribution is 2.68. The van der Waals surface area contributed by atoms with Crippen molar-refractivity contribution in [3.8, 4) is 0 Å². The molecule has 0 spiro atoms. The molecule has 3 nitrogen and oxygen atoms in total. The molecule has 3 heteroatoms. The van der Waals surface area contributed by atoms with Crippen molar-refractivity contribution in [3.05, 3.63) is 0 Å². The van der Waals surface area contributed by atoms with Crippen molar-refractivity contribution in [1.29, 1.82) is 0 Å². The van der Waals surface area contributed by atoms with Gasteiger partial charge in [0.25, 0.3) is 0 Å². The Labute approximate surface area is 172 Å². The van der Waals surface area contributed by atoms with E-state index >= 15 is 0 Å². The van der Waals surface area contributed by atoms with Crippen LogP contribution in [0.4, 0.5) is 0 Å². The minimum absolute atomic E-state index is 0.0677. The second-order valence-corrected chi connectivity index (χ2v) is 11.4. The summed E-state index contributed by atoms with van der Waals surface area (Å²) in [5, 5.41) is 11.1. The van der Waals surface area contributed by atoms with Crippen LogP contribution in [0.25, 0.3) is 0 Å². The maximum atomic E-state index is 11.6. The van der Waals surface area contributed by atoms with Crippen LogP contribution in [0.2, 0.25) is 0 Å². The number of hydrogen-bond donors (Lipinski definition) is 1. The largest absolute Gasteiger partial charge is 0.469 e. The number of ether oxygens (including phenoxy) is 1. The Hall–Kier alpha value is -0.570. The van der Waals surface area contributed by atoms with E-state index in [-0.39, 0.29) is 12.1 Å². The van der Waals surface area contributed by atoms with Gasteiger partial charge in [0.2, 0.25) is 0 Å². The summed E-state index contributed by atoms with van der Waals surface area (Å²) in [6.07, 6.45) is 13.1. The highest BCUT2D eigenvalue weighted by molar-refractivity contribution is 5.69. The molecule has 0 radical (unpaired) electrons. The molecule has 9 atom stereocenters. The molecule has 0 bridgehead atoms. The molecule has 0 aromatic heterocycles. The van der Waals surface area contributed by atoms with Crippen LogP contribution in [0, 0.1) is 46.3 Å². The predicted octanol–water partition coefficient (Wildman–Crippen LogP) is 5.60. The van der Waals surface area contributed by atoms with Gasteiger partial charge in [0.1, 0.15) is 0 Å². The minimum atomic E-state index is -0.0790. The van der Waals surface area contributed by atoms with Crippen LogP contribution in [-0.4, -0.2) is 24.3 Å². The monoisotopic (exact) mass is 390 g/mol. The molecule has 4 rings (SSSR count). The lowest BCUT2D eigenvalue weighted by Crippen LogP contribution is -2.57. The Morgan fingerprint density at radius 3 is 2.54 bits per heavy atom. The zero-order valence-corrected chi connectivity index (χ0v) is 18.6. The molecule has 4 unspecified atom stereocenters. The molecule has 28 heavy (non-hydrogen) atoms. The smallest absolute Gasteiger partial charge is 0.305 e. The summed E-state index contributed by atoms with van der Waals surface area (Å²) in [5.74, 6) is 4.08. The van der Waals surface area contributed by atoms with Crippen molar-refractivity contribution in [2.75, 3.05) is 7.11 Å². The van der Waals surface area contributed by atoms with Crippen molar-refractivity contribution < 1.29 is 14.6 Å². The fraction of sp³-hybridized carbons (Fsp3) is 0.960. The first-order valence-corrected chi connectivity index (χ1v) is 12.1. The normalized spacial score (nSPS) is 48.9. The van der Waals surface area contributed by atoms with E-state index in [4.69, 9.17) is 4.74 Å². The number of aliphatic hydroxyl groups is 1. The number of aliphatic hydroxyl groups excluding tert-OH is 1. The first-order valence-electron chi connectivity index (χ1n) is 12.1. The van der Waals surface area contributed by atoms with Gasteiger partial charge in [-0.15, -0.1) is 0 Å². The molecule has 0 amide bonds. The minimum Gasteiger partial charge on any atom is -0.469 e. The quantitative estimate of drug-likeness (QED) is 0.636. The van der Waals surface area contributed by atoms with Gasteiger partial charge in [0.05, 0.1) is 13.2 Å². The summed E-state index contributed by atoms with van der Waals surface area (Å²) in [7, 11) is 1.49. The second-order valence-electron chi connectivity index (χ2n) is 11.4. The Balaban J connectivity index is 1.52. The average Bonchev–Trinajstić information content (AvgIpc) is 3.03. The number of methoxy groups -OCH3 is 1. The fourth-order valence-electron chi connectivity index (χ4n) is 8.98. The van der Waals surface area contributed by atoms with Crippen LogP contribution in [-0.2, 0) is 9.53 Å².